The fourth-order valence-electron chi connectivity index (χ4n) is 3.06. The maximum atomic E-state index is 13.3. The number of aromatic nitrogens is 2. The molecule has 0 bridgehead atoms. The maximum Gasteiger partial charge on any atom is 0.308 e. The van der Waals surface area contributed by atoms with Gasteiger partial charge >= 0.3 is 5.97 Å². The van der Waals surface area contributed by atoms with Crippen LogP contribution in [0.4, 0.5) is 0 Å². The average Bonchev–Trinajstić information content (AvgIpc) is 2.72. The molecule has 3 aromatic rings. The first-order chi connectivity index (χ1) is 15.4. The van der Waals surface area contributed by atoms with E-state index in [9.17, 15) is 9.59 Å². The zero-order valence-electron chi connectivity index (χ0n) is 18.7. The molecular weight excluding hydrogens is 578 g/mol. The van der Waals surface area contributed by atoms with Crippen LogP contribution in [0, 0.1) is 0 Å². The van der Waals surface area contributed by atoms with E-state index < -0.39 is 11.4 Å². The Hall–Kier alpha value is -2.23. The van der Waals surface area contributed by atoms with Crippen molar-refractivity contribution in [3.8, 4) is 11.5 Å². The summed E-state index contributed by atoms with van der Waals surface area (Å²) in [6.07, 6.45) is 1.48. The highest BCUT2D eigenvalue weighted by atomic mass is 79.9. The van der Waals surface area contributed by atoms with Gasteiger partial charge in [0.2, 0.25) is 0 Å². The van der Waals surface area contributed by atoms with Gasteiger partial charge in [0.05, 0.1) is 23.7 Å². The number of esters is 1. The van der Waals surface area contributed by atoms with Crippen molar-refractivity contribution >= 4 is 66.5 Å². The van der Waals surface area contributed by atoms with Gasteiger partial charge in [0.15, 0.2) is 11.5 Å². The number of benzene rings is 2. The van der Waals surface area contributed by atoms with Crippen LogP contribution in [0.25, 0.3) is 10.9 Å². The number of carbonyl (C=O) groups is 1. The van der Waals surface area contributed by atoms with Crippen molar-refractivity contribution in [1.29, 1.82) is 0 Å². The Kier molecular flexibility index (Phi) is 7.65. The van der Waals surface area contributed by atoms with Crippen molar-refractivity contribution in [2.24, 2.45) is 5.10 Å². The Morgan fingerprint density at radius 2 is 1.97 bits per heavy atom. The summed E-state index contributed by atoms with van der Waals surface area (Å²) < 4.78 is 13.3. The summed E-state index contributed by atoms with van der Waals surface area (Å²) in [6, 6.07) is 6.99. The molecule has 0 saturated carbocycles. The Bertz CT molecular complexity index is 1330. The van der Waals surface area contributed by atoms with Crippen molar-refractivity contribution in [3.05, 3.63) is 60.0 Å². The van der Waals surface area contributed by atoms with Gasteiger partial charge in [0.25, 0.3) is 5.56 Å². The fraction of sp³-hybridized carbons (Fsp3) is 0.304. The number of halogens is 3. The van der Waals surface area contributed by atoms with Crippen molar-refractivity contribution in [2.45, 2.75) is 40.0 Å². The topological polar surface area (TPSA) is 82.8 Å². The third kappa shape index (κ3) is 5.47. The summed E-state index contributed by atoms with van der Waals surface area (Å²) in [5.41, 5.74) is 0.363. The van der Waals surface area contributed by atoms with Crippen LogP contribution in [0.2, 0.25) is 5.02 Å². The smallest absolute Gasteiger partial charge is 0.308 e. The first kappa shape index (κ1) is 25.4. The Labute approximate surface area is 213 Å². The van der Waals surface area contributed by atoms with Crippen molar-refractivity contribution in [1.82, 2.24) is 9.66 Å². The molecule has 10 heteroatoms. The molecule has 0 N–H and O–H groups in total. The Balaban J connectivity index is 2.22. The molecule has 0 aliphatic carbocycles. The molecule has 174 valence electrons. The lowest BCUT2D eigenvalue weighted by Crippen LogP contribution is -2.29. The van der Waals surface area contributed by atoms with E-state index in [1.54, 1.807) is 25.1 Å². The summed E-state index contributed by atoms with van der Waals surface area (Å²) in [7, 11) is 0. The van der Waals surface area contributed by atoms with Crippen molar-refractivity contribution in [2.75, 3.05) is 6.61 Å². The van der Waals surface area contributed by atoms with Crippen LogP contribution in [-0.2, 0) is 10.2 Å². The number of rotatable bonds is 5. The second kappa shape index (κ2) is 9.95. The number of carbonyl (C=O) groups excluding carboxylic acids is 1. The lowest BCUT2D eigenvalue weighted by atomic mass is 9.95. The van der Waals surface area contributed by atoms with Crippen LogP contribution >= 0.6 is 43.5 Å². The minimum atomic E-state index is -0.527. The minimum absolute atomic E-state index is 0.111. The molecule has 1 aromatic heterocycles. The summed E-state index contributed by atoms with van der Waals surface area (Å²) >= 11 is 13.3. The van der Waals surface area contributed by atoms with E-state index in [0.29, 0.717) is 33.4 Å². The Morgan fingerprint density at radius 3 is 2.58 bits per heavy atom. The SMILES string of the molecule is CCOc1cc(C=Nn2c(C(C)(C)C)nc3ccc(Br)cc3c2=O)c(Br)c(Cl)c1OC(C)=O. The van der Waals surface area contributed by atoms with Crippen molar-refractivity contribution < 1.29 is 14.3 Å². The van der Waals surface area contributed by atoms with E-state index in [1.165, 1.54) is 17.8 Å². The maximum absolute atomic E-state index is 13.3. The van der Waals surface area contributed by atoms with Gasteiger partial charge in [-0.2, -0.15) is 9.78 Å². The number of hydrogen-bond acceptors (Lipinski definition) is 6. The van der Waals surface area contributed by atoms with Crippen LogP contribution in [0.5, 0.6) is 11.5 Å². The summed E-state index contributed by atoms with van der Waals surface area (Å²) in [6.45, 7) is 9.29. The molecule has 7 nitrogen and oxygen atoms in total. The third-order valence-corrected chi connectivity index (χ3v) is 6.43. The van der Waals surface area contributed by atoms with E-state index in [1.807, 2.05) is 26.8 Å². The second-order valence-corrected chi connectivity index (χ2v) is 10.2. The largest absolute Gasteiger partial charge is 0.490 e. The number of hydrogen-bond donors (Lipinski definition) is 0. The molecule has 0 spiro atoms. The minimum Gasteiger partial charge on any atom is -0.490 e. The van der Waals surface area contributed by atoms with Gasteiger partial charge in [-0.05, 0) is 47.1 Å². The zero-order chi connectivity index (χ0) is 24.5. The molecule has 0 aliphatic rings. The predicted molar refractivity (Wildman–Crippen MR) is 137 cm³/mol. The van der Waals surface area contributed by atoms with Crippen LogP contribution in [0.15, 0.2) is 43.1 Å². The molecule has 0 amide bonds. The van der Waals surface area contributed by atoms with E-state index in [4.69, 9.17) is 26.1 Å². The van der Waals surface area contributed by atoms with Gasteiger partial charge in [0.1, 0.15) is 10.8 Å². The van der Waals surface area contributed by atoms with E-state index in [2.05, 4.69) is 37.0 Å². The average molecular weight is 600 g/mol. The molecule has 0 aliphatic heterocycles. The monoisotopic (exact) mass is 597 g/mol. The lowest BCUT2D eigenvalue weighted by Gasteiger charge is -2.21. The zero-order valence-corrected chi connectivity index (χ0v) is 22.6. The van der Waals surface area contributed by atoms with Crippen LogP contribution < -0.4 is 15.0 Å². The molecule has 33 heavy (non-hydrogen) atoms. The summed E-state index contributed by atoms with van der Waals surface area (Å²) in [5.74, 6) is 0.370. The fourth-order valence-corrected chi connectivity index (χ4v) is 4.06. The van der Waals surface area contributed by atoms with Gasteiger partial charge < -0.3 is 9.47 Å². The van der Waals surface area contributed by atoms with Gasteiger partial charge in [-0.1, -0.05) is 48.3 Å². The number of fused-ring (bicyclic) bond motifs is 1. The molecular formula is C23H22Br2ClN3O4. The highest BCUT2D eigenvalue weighted by Gasteiger charge is 2.23. The first-order valence-electron chi connectivity index (χ1n) is 10.0. The highest BCUT2D eigenvalue weighted by molar-refractivity contribution is 9.10. The standard InChI is InChI=1S/C23H22Br2ClN3O4/c1-6-32-17-9-13(18(25)19(26)20(17)33-12(2)30)11-27-29-21(31)15-10-14(24)7-8-16(15)28-22(29)23(3,4)5/h7-11H,6H2,1-5H3. The van der Waals surface area contributed by atoms with Gasteiger partial charge in [-0.15, -0.1) is 0 Å². The molecule has 3 rings (SSSR count). The van der Waals surface area contributed by atoms with Gasteiger partial charge in [-0.25, -0.2) is 4.98 Å². The highest BCUT2D eigenvalue weighted by Crippen LogP contribution is 2.42. The number of nitrogens with zero attached hydrogens (tertiary/aromatic N) is 3. The second-order valence-electron chi connectivity index (χ2n) is 8.16. The van der Waals surface area contributed by atoms with Crippen LogP contribution in [0.1, 0.15) is 46.0 Å². The van der Waals surface area contributed by atoms with E-state index >= 15 is 0 Å². The van der Waals surface area contributed by atoms with E-state index in [0.717, 1.165) is 4.47 Å². The van der Waals surface area contributed by atoms with Gasteiger partial charge in [0, 0.05) is 26.8 Å². The molecule has 1 heterocycles. The molecule has 0 unspecified atom stereocenters. The number of ether oxygens (including phenoxy) is 2. The molecule has 0 radical (unpaired) electrons. The quantitative estimate of drug-likeness (QED) is 0.202. The first-order valence-corrected chi connectivity index (χ1v) is 12.0. The van der Waals surface area contributed by atoms with Gasteiger partial charge in [-0.3, -0.25) is 9.59 Å². The Morgan fingerprint density at radius 1 is 1.27 bits per heavy atom. The van der Waals surface area contributed by atoms with E-state index in [-0.39, 0.29) is 22.1 Å². The third-order valence-electron chi connectivity index (χ3n) is 4.49. The molecule has 0 saturated heterocycles. The van der Waals surface area contributed by atoms with Crippen molar-refractivity contribution in [3.63, 3.8) is 0 Å². The summed E-state index contributed by atoms with van der Waals surface area (Å²) in [5, 5.41) is 5.06. The van der Waals surface area contributed by atoms with Crippen LogP contribution in [-0.4, -0.2) is 28.5 Å². The molecule has 2 aromatic carbocycles. The van der Waals surface area contributed by atoms with Crippen LogP contribution in [0.3, 0.4) is 0 Å². The normalized spacial score (nSPS) is 11.9. The molecule has 0 fully saturated rings. The summed E-state index contributed by atoms with van der Waals surface area (Å²) in [4.78, 5) is 29.5. The predicted octanol–water partition coefficient (Wildman–Crippen LogP) is 6.08. The lowest BCUT2D eigenvalue weighted by molar-refractivity contribution is -0.132. The molecule has 0 atom stereocenters.